The second-order valence-electron chi connectivity index (χ2n) is 5.82. The molecule has 2 nitrogen and oxygen atoms in total. The summed E-state index contributed by atoms with van der Waals surface area (Å²) in [5.74, 6) is -0.288. The van der Waals surface area contributed by atoms with Crippen molar-refractivity contribution in [2.75, 3.05) is 5.32 Å². The van der Waals surface area contributed by atoms with E-state index in [4.69, 9.17) is 11.6 Å². The lowest BCUT2D eigenvalue weighted by molar-refractivity contribution is 0.102. The first kappa shape index (κ1) is 17.2. The van der Waals surface area contributed by atoms with Gasteiger partial charge in [-0.1, -0.05) is 59.6 Å². The van der Waals surface area contributed by atoms with Crippen LogP contribution in [0.15, 0.2) is 72.8 Å². The van der Waals surface area contributed by atoms with E-state index in [1.165, 1.54) is 0 Å². The summed E-state index contributed by atoms with van der Waals surface area (Å²) in [4.78, 5) is 12.5. The van der Waals surface area contributed by atoms with Crippen LogP contribution in [0.5, 0.6) is 0 Å². The van der Waals surface area contributed by atoms with E-state index in [-0.39, 0.29) is 5.91 Å². The third-order valence-electron chi connectivity index (χ3n) is 3.94. The summed E-state index contributed by atoms with van der Waals surface area (Å²) >= 11 is 6.04. The molecule has 1 atom stereocenters. The van der Waals surface area contributed by atoms with E-state index in [0.29, 0.717) is 27.4 Å². The average molecular weight is 354 g/mol. The number of amides is 1. The van der Waals surface area contributed by atoms with Crippen molar-refractivity contribution in [3.05, 3.63) is 100 Å². The zero-order chi connectivity index (χ0) is 17.8. The number of carbonyl (C=O) groups is 1. The third-order valence-corrected chi connectivity index (χ3v) is 4.18. The predicted octanol–water partition coefficient (Wildman–Crippen LogP) is 5.96. The van der Waals surface area contributed by atoms with E-state index in [1.807, 2.05) is 25.1 Å². The fourth-order valence-electron chi connectivity index (χ4n) is 2.56. The van der Waals surface area contributed by atoms with Crippen LogP contribution < -0.4 is 5.32 Å². The molecule has 0 aliphatic rings. The number of alkyl halides is 1. The molecule has 0 spiro atoms. The summed E-state index contributed by atoms with van der Waals surface area (Å²) in [6.07, 6.45) is -1.38. The van der Waals surface area contributed by atoms with Crippen molar-refractivity contribution in [2.24, 2.45) is 0 Å². The molecule has 0 aromatic heterocycles. The van der Waals surface area contributed by atoms with Gasteiger partial charge in [-0.25, -0.2) is 4.39 Å². The van der Waals surface area contributed by atoms with Crippen LogP contribution in [0.2, 0.25) is 5.02 Å². The van der Waals surface area contributed by atoms with Gasteiger partial charge in [0.15, 0.2) is 6.17 Å². The highest BCUT2D eigenvalue weighted by Gasteiger charge is 2.18. The number of aryl methyl sites for hydroxylation is 1. The summed E-state index contributed by atoms with van der Waals surface area (Å²) in [5.41, 5.74) is 2.83. The Balaban J connectivity index is 1.91. The third kappa shape index (κ3) is 4.06. The molecule has 0 aliphatic heterocycles. The van der Waals surface area contributed by atoms with Gasteiger partial charge in [0, 0.05) is 21.8 Å². The summed E-state index contributed by atoms with van der Waals surface area (Å²) in [6.45, 7) is 1.95. The van der Waals surface area contributed by atoms with Crippen LogP contribution in [0.25, 0.3) is 0 Å². The van der Waals surface area contributed by atoms with Crippen molar-refractivity contribution in [3.8, 4) is 0 Å². The Bertz CT molecular complexity index is 878. The number of hydrogen-bond donors (Lipinski definition) is 1. The van der Waals surface area contributed by atoms with Crippen molar-refractivity contribution in [1.82, 2.24) is 0 Å². The standard InChI is InChI=1S/C21H17ClFNO/c1-14-7-9-16(10-8-14)21(25)24-19-12-11-17(22)13-18(19)20(23)15-5-3-2-4-6-15/h2-13,20H,1H3,(H,24,25). The fraction of sp³-hybridized carbons (Fsp3) is 0.0952. The van der Waals surface area contributed by atoms with Gasteiger partial charge in [0.05, 0.1) is 0 Å². The predicted molar refractivity (Wildman–Crippen MR) is 100.0 cm³/mol. The first-order valence-corrected chi connectivity index (χ1v) is 8.29. The van der Waals surface area contributed by atoms with Crippen LogP contribution in [0.1, 0.15) is 33.2 Å². The van der Waals surface area contributed by atoms with Crippen molar-refractivity contribution in [2.45, 2.75) is 13.1 Å². The van der Waals surface area contributed by atoms with Gasteiger partial charge >= 0.3 is 0 Å². The van der Waals surface area contributed by atoms with Gasteiger partial charge in [-0.05, 0) is 42.8 Å². The lowest BCUT2D eigenvalue weighted by Crippen LogP contribution is -2.14. The number of anilines is 1. The highest BCUT2D eigenvalue weighted by molar-refractivity contribution is 6.30. The first-order chi connectivity index (χ1) is 12.0. The number of rotatable bonds is 4. The maximum atomic E-state index is 15.0. The highest BCUT2D eigenvalue weighted by atomic mass is 35.5. The Morgan fingerprint density at radius 1 is 1.00 bits per heavy atom. The molecule has 25 heavy (non-hydrogen) atoms. The fourth-order valence-corrected chi connectivity index (χ4v) is 2.74. The van der Waals surface area contributed by atoms with Crippen molar-refractivity contribution >= 4 is 23.2 Å². The Hall–Kier alpha value is -2.65. The van der Waals surface area contributed by atoms with E-state index >= 15 is 4.39 Å². The second-order valence-corrected chi connectivity index (χ2v) is 6.26. The van der Waals surface area contributed by atoms with Gasteiger partial charge in [0.1, 0.15) is 0 Å². The molecule has 4 heteroatoms. The molecule has 1 unspecified atom stereocenters. The van der Waals surface area contributed by atoms with Crippen LogP contribution >= 0.6 is 11.6 Å². The molecule has 0 saturated heterocycles. The molecule has 0 bridgehead atoms. The number of nitrogens with one attached hydrogen (secondary N) is 1. The Kier molecular flexibility index (Phi) is 5.15. The SMILES string of the molecule is Cc1ccc(C(=O)Nc2ccc(Cl)cc2C(F)c2ccccc2)cc1. The van der Waals surface area contributed by atoms with E-state index in [2.05, 4.69) is 5.32 Å². The van der Waals surface area contributed by atoms with Crippen molar-refractivity contribution in [1.29, 1.82) is 0 Å². The van der Waals surface area contributed by atoms with Gasteiger partial charge in [0.2, 0.25) is 0 Å². The van der Waals surface area contributed by atoms with Gasteiger partial charge in [-0.3, -0.25) is 4.79 Å². The molecule has 1 amide bonds. The number of hydrogen-bond acceptors (Lipinski definition) is 1. The van der Waals surface area contributed by atoms with Crippen LogP contribution in [0.3, 0.4) is 0 Å². The zero-order valence-electron chi connectivity index (χ0n) is 13.7. The molecule has 0 heterocycles. The van der Waals surface area contributed by atoms with Crippen LogP contribution in [0.4, 0.5) is 10.1 Å². The van der Waals surface area contributed by atoms with Crippen molar-refractivity contribution < 1.29 is 9.18 Å². The summed E-state index contributed by atoms with van der Waals surface area (Å²) in [7, 11) is 0. The van der Waals surface area contributed by atoms with Crippen LogP contribution in [-0.4, -0.2) is 5.91 Å². The summed E-state index contributed by atoms with van der Waals surface area (Å²) < 4.78 is 15.0. The van der Waals surface area contributed by atoms with Crippen molar-refractivity contribution in [3.63, 3.8) is 0 Å². The van der Waals surface area contributed by atoms with E-state index < -0.39 is 6.17 Å². The van der Waals surface area contributed by atoms with Gasteiger partial charge in [-0.2, -0.15) is 0 Å². The lowest BCUT2D eigenvalue weighted by atomic mass is 10.0. The minimum atomic E-state index is -1.38. The number of benzene rings is 3. The second kappa shape index (κ2) is 7.49. The molecule has 0 aliphatic carbocycles. The minimum Gasteiger partial charge on any atom is -0.322 e. The smallest absolute Gasteiger partial charge is 0.255 e. The molecular formula is C21H17ClFNO. The molecular weight excluding hydrogens is 337 g/mol. The van der Waals surface area contributed by atoms with E-state index in [0.717, 1.165) is 5.56 Å². The molecule has 1 N–H and O–H groups in total. The Morgan fingerprint density at radius 2 is 1.68 bits per heavy atom. The Labute approximate surface area is 151 Å². The molecule has 0 fully saturated rings. The molecule has 126 valence electrons. The normalized spacial score (nSPS) is 11.8. The van der Waals surface area contributed by atoms with Gasteiger partial charge in [0.25, 0.3) is 5.91 Å². The first-order valence-electron chi connectivity index (χ1n) is 7.91. The number of halogens is 2. The lowest BCUT2D eigenvalue weighted by Gasteiger charge is -2.15. The Morgan fingerprint density at radius 3 is 2.36 bits per heavy atom. The van der Waals surface area contributed by atoms with Crippen LogP contribution in [-0.2, 0) is 0 Å². The molecule has 3 aromatic carbocycles. The molecule has 0 radical (unpaired) electrons. The summed E-state index contributed by atoms with van der Waals surface area (Å²) in [6, 6.07) is 20.8. The molecule has 3 rings (SSSR count). The van der Waals surface area contributed by atoms with E-state index in [9.17, 15) is 4.79 Å². The largest absolute Gasteiger partial charge is 0.322 e. The molecule has 3 aromatic rings. The number of carbonyl (C=O) groups excluding carboxylic acids is 1. The highest BCUT2D eigenvalue weighted by Crippen LogP contribution is 2.33. The van der Waals surface area contributed by atoms with Crippen LogP contribution in [0, 0.1) is 6.92 Å². The topological polar surface area (TPSA) is 29.1 Å². The zero-order valence-corrected chi connectivity index (χ0v) is 14.4. The maximum Gasteiger partial charge on any atom is 0.255 e. The maximum absolute atomic E-state index is 15.0. The molecule has 0 saturated carbocycles. The monoisotopic (exact) mass is 353 g/mol. The quantitative estimate of drug-likeness (QED) is 0.616. The van der Waals surface area contributed by atoms with Gasteiger partial charge < -0.3 is 5.32 Å². The van der Waals surface area contributed by atoms with E-state index in [1.54, 1.807) is 54.6 Å². The summed E-state index contributed by atoms with van der Waals surface area (Å²) in [5, 5.41) is 3.21. The minimum absolute atomic E-state index is 0.288. The average Bonchev–Trinajstić information content (AvgIpc) is 2.64. The van der Waals surface area contributed by atoms with Gasteiger partial charge in [-0.15, -0.1) is 0 Å².